The van der Waals surface area contributed by atoms with Crippen molar-refractivity contribution in [2.75, 3.05) is 0 Å². The highest BCUT2D eigenvalue weighted by Crippen LogP contribution is 2.67. The van der Waals surface area contributed by atoms with Crippen molar-refractivity contribution in [1.29, 1.82) is 0 Å². The molecule has 0 amide bonds. The minimum Gasteiger partial charge on any atom is -0.390 e. The Morgan fingerprint density at radius 2 is 1.74 bits per heavy atom. The second-order valence-electron chi connectivity index (χ2n) is 11.9. The largest absolute Gasteiger partial charge is 0.417 e. The molecule has 2 N–H and O–H groups in total. The molecule has 0 radical (unpaired) electrons. The summed E-state index contributed by atoms with van der Waals surface area (Å²) in [5.74, 6) is 2.28. The first-order valence-corrected chi connectivity index (χ1v) is 12.1. The first kappa shape index (κ1) is 23.4. The number of aliphatic hydroxyl groups excluding tert-OH is 1. The molecule has 0 bridgehead atoms. The Labute approximate surface area is 185 Å². The zero-order valence-electron chi connectivity index (χ0n) is 19.4. The van der Waals surface area contributed by atoms with Crippen LogP contribution < -0.4 is 0 Å². The van der Waals surface area contributed by atoms with Crippen molar-refractivity contribution >= 4 is 0 Å². The smallest absolute Gasteiger partial charge is 0.390 e. The lowest BCUT2D eigenvalue weighted by atomic mass is 9.46. The molecule has 176 valence electrons. The van der Waals surface area contributed by atoms with Gasteiger partial charge in [-0.2, -0.15) is 13.2 Å². The van der Waals surface area contributed by atoms with Crippen LogP contribution in [0.15, 0.2) is 23.8 Å². The number of halogens is 3. The van der Waals surface area contributed by atoms with Gasteiger partial charge in [-0.1, -0.05) is 44.6 Å². The van der Waals surface area contributed by atoms with Crippen molar-refractivity contribution in [1.82, 2.24) is 0 Å². The van der Waals surface area contributed by atoms with E-state index in [-0.39, 0.29) is 16.7 Å². The van der Waals surface area contributed by atoms with Gasteiger partial charge in [0.2, 0.25) is 0 Å². The van der Waals surface area contributed by atoms with Gasteiger partial charge in [0, 0.05) is 0 Å². The molecule has 4 aliphatic carbocycles. The molecular weight excluding hydrogens is 401 g/mol. The third-order valence-corrected chi connectivity index (χ3v) is 10.0. The molecular formula is C26H39F3O2. The highest BCUT2D eigenvalue weighted by molar-refractivity contribution is 5.27. The average molecular weight is 441 g/mol. The van der Waals surface area contributed by atoms with Crippen molar-refractivity contribution in [3.8, 4) is 0 Å². The Kier molecular flexibility index (Phi) is 5.74. The summed E-state index contributed by atoms with van der Waals surface area (Å²) in [5, 5.41) is 20.0. The Hall–Kier alpha value is -0.810. The van der Waals surface area contributed by atoms with Gasteiger partial charge in [0.15, 0.2) is 6.10 Å². The van der Waals surface area contributed by atoms with Crippen LogP contribution in [0.1, 0.15) is 79.1 Å². The van der Waals surface area contributed by atoms with Gasteiger partial charge in [-0.15, -0.1) is 0 Å². The second kappa shape index (κ2) is 7.62. The van der Waals surface area contributed by atoms with Gasteiger partial charge in [-0.25, -0.2) is 0 Å². The first-order valence-electron chi connectivity index (χ1n) is 12.1. The van der Waals surface area contributed by atoms with Gasteiger partial charge in [-0.3, -0.25) is 0 Å². The highest BCUT2D eigenvalue weighted by Gasteiger charge is 2.59. The predicted molar refractivity (Wildman–Crippen MR) is 116 cm³/mol. The summed E-state index contributed by atoms with van der Waals surface area (Å²) >= 11 is 0. The van der Waals surface area contributed by atoms with E-state index in [4.69, 9.17) is 0 Å². The maximum atomic E-state index is 12.7. The molecule has 4 rings (SSSR count). The Morgan fingerprint density at radius 1 is 1.03 bits per heavy atom. The number of alkyl halides is 3. The van der Waals surface area contributed by atoms with Crippen LogP contribution in [0.2, 0.25) is 0 Å². The Morgan fingerprint density at radius 3 is 2.42 bits per heavy atom. The number of hydrogen-bond acceptors (Lipinski definition) is 2. The molecule has 3 fully saturated rings. The Bertz CT molecular complexity index is 754. The summed E-state index contributed by atoms with van der Waals surface area (Å²) in [4.78, 5) is 0. The normalized spacial score (nSPS) is 47.3. The number of aliphatic hydroxyl groups is 2. The lowest BCUT2D eigenvalue weighted by molar-refractivity contribution is -0.187. The summed E-state index contributed by atoms with van der Waals surface area (Å²) in [7, 11) is 0. The molecule has 0 aromatic carbocycles. The van der Waals surface area contributed by atoms with E-state index in [1.807, 2.05) is 13.8 Å². The predicted octanol–water partition coefficient (Wildman–Crippen LogP) is 6.43. The first-order chi connectivity index (χ1) is 14.3. The number of hydrogen-bond donors (Lipinski definition) is 2. The number of allylic oxidation sites excluding steroid dienone is 2. The monoisotopic (exact) mass is 440 g/mol. The molecule has 4 aliphatic rings. The standard InChI is InChI=1S/C26H39F3O2/c1-16(5-10-22(30)26(27,28)29)19-8-9-20-18-7-6-17-15-23(2,31)13-14-24(17,3)21(18)11-12-25(19,20)4/h5-6,10,16,18-22,30-31H,7-9,11-15H2,1-4H3/b10-5+/t16-,18+,19?,20+,21+,22-,23+,24+,25-/m1/s1. The van der Waals surface area contributed by atoms with Crippen LogP contribution in [0, 0.1) is 40.4 Å². The summed E-state index contributed by atoms with van der Waals surface area (Å²) in [6.07, 6.45) is 6.29. The van der Waals surface area contributed by atoms with Gasteiger partial charge < -0.3 is 10.2 Å². The molecule has 0 aliphatic heterocycles. The number of fused-ring (bicyclic) bond motifs is 5. The summed E-state index contributed by atoms with van der Waals surface area (Å²) in [5.41, 5.74) is 1.21. The van der Waals surface area contributed by atoms with Crippen LogP contribution in [0.25, 0.3) is 0 Å². The molecule has 5 heteroatoms. The summed E-state index contributed by atoms with van der Waals surface area (Å²) in [6.45, 7) is 8.78. The van der Waals surface area contributed by atoms with Crippen LogP contribution in [0.3, 0.4) is 0 Å². The molecule has 0 spiro atoms. The van der Waals surface area contributed by atoms with Gasteiger partial charge in [0.05, 0.1) is 5.60 Å². The molecule has 31 heavy (non-hydrogen) atoms. The van der Waals surface area contributed by atoms with Crippen LogP contribution in [-0.4, -0.2) is 28.1 Å². The zero-order valence-corrected chi connectivity index (χ0v) is 19.4. The third kappa shape index (κ3) is 3.92. The molecule has 2 nitrogen and oxygen atoms in total. The maximum absolute atomic E-state index is 12.7. The van der Waals surface area contributed by atoms with E-state index in [0.29, 0.717) is 23.7 Å². The van der Waals surface area contributed by atoms with Crippen molar-refractivity contribution in [2.45, 2.75) is 96.9 Å². The van der Waals surface area contributed by atoms with E-state index in [0.717, 1.165) is 51.0 Å². The van der Waals surface area contributed by atoms with Gasteiger partial charge in [0.25, 0.3) is 0 Å². The van der Waals surface area contributed by atoms with Crippen molar-refractivity contribution in [2.24, 2.45) is 40.4 Å². The maximum Gasteiger partial charge on any atom is 0.417 e. The van der Waals surface area contributed by atoms with Crippen LogP contribution in [0.5, 0.6) is 0 Å². The van der Waals surface area contributed by atoms with Crippen molar-refractivity contribution < 1.29 is 23.4 Å². The lowest BCUT2D eigenvalue weighted by Crippen LogP contribution is -2.52. The SMILES string of the molecule is C[C@H](/C=C/[C@@H](O)C(F)(F)F)C1CC[C@H]2[C@@H]3CC=C4C[C@@](C)(O)CC[C@]4(C)[C@H]3CC[C@]12C. The fourth-order valence-electron chi connectivity index (χ4n) is 8.23. The highest BCUT2D eigenvalue weighted by atomic mass is 19.4. The van der Waals surface area contributed by atoms with E-state index >= 15 is 0 Å². The van der Waals surface area contributed by atoms with Crippen LogP contribution in [0.4, 0.5) is 13.2 Å². The van der Waals surface area contributed by atoms with Crippen LogP contribution >= 0.6 is 0 Å². The van der Waals surface area contributed by atoms with E-state index in [9.17, 15) is 23.4 Å². The van der Waals surface area contributed by atoms with Crippen molar-refractivity contribution in [3.05, 3.63) is 23.8 Å². The van der Waals surface area contributed by atoms with Gasteiger partial charge >= 0.3 is 6.18 Å². The van der Waals surface area contributed by atoms with E-state index in [1.165, 1.54) is 12.0 Å². The molecule has 9 atom stereocenters. The molecule has 0 aromatic rings. The quantitative estimate of drug-likeness (QED) is 0.496. The zero-order chi connectivity index (χ0) is 22.8. The molecule has 3 saturated carbocycles. The summed E-state index contributed by atoms with van der Waals surface area (Å²) < 4.78 is 38.1. The third-order valence-electron chi connectivity index (χ3n) is 10.0. The minimum atomic E-state index is -4.59. The fraction of sp³-hybridized carbons (Fsp3) is 0.846. The van der Waals surface area contributed by atoms with Gasteiger partial charge in [0.1, 0.15) is 0 Å². The van der Waals surface area contributed by atoms with Crippen LogP contribution in [-0.2, 0) is 0 Å². The molecule has 1 unspecified atom stereocenters. The lowest BCUT2D eigenvalue weighted by Gasteiger charge is -2.59. The minimum absolute atomic E-state index is 0.0265. The van der Waals surface area contributed by atoms with Gasteiger partial charge in [-0.05, 0) is 98.7 Å². The van der Waals surface area contributed by atoms with Crippen molar-refractivity contribution in [3.63, 3.8) is 0 Å². The topological polar surface area (TPSA) is 40.5 Å². The van der Waals surface area contributed by atoms with E-state index in [1.54, 1.807) is 6.08 Å². The average Bonchev–Trinajstić information content (AvgIpc) is 3.02. The molecule has 0 heterocycles. The van der Waals surface area contributed by atoms with E-state index < -0.39 is 17.9 Å². The second-order valence-corrected chi connectivity index (χ2v) is 11.9. The Balaban J connectivity index is 1.53. The fourth-order valence-corrected chi connectivity index (χ4v) is 8.23. The molecule has 0 saturated heterocycles. The van der Waals surface area contributed by atoms with E-state index in [2.05, 4.69) is 19.9 Å². The molecule has 0 aromatic heterocycles. The summed E-state index contributed by atoms with van der Waals surface area (Å²) in [6, 6.07) is 0. The number of rotatable bonds is 3.